The second-order valence-electron chi connectivity index (χ2n) is 6.50. The fraction of sp³-hybridized carbons (Fsp3) is 0.800. The Bertz CT molecular complexity index is 413. The van der Waals surface area contributed by atoms with Crippen molar-refractivity contribution in [2.75, 3.05) is 6.54 Å². The average Bonchev–Trinajstić information content (AvgIpc) is 2.75. The Morgan fingerprint density at radius 3 is 2.89 bits per heavy atom. The molecule has 2 heterocycles. The third-order valence-electron chi connectivity index (χ3n) is 4.65. The van der Waals surface area contributed by atoms with Crippen LogP contribution in [0.5, 0.6) is 0 Å². The molecule has 18 heavy (non-hydrogen) atoms. The minimum absolute atomic E-state index is 0.0470. The van der Waals surface area contributed by atoms with E-state index in [1.807, 2.05) is 0 Å². The second-order valence-corrected chi connectivity index (χ2v) is 6.50. The smallest absolute Gasteiger partial charge is 0.0952 e. The number of aromatic nitrogens is 2. The highest BCUT2D eigenvalue weighted by atomic mass is 15.1. The van der Waals surface area contributed by atoms with Crippen molar-refractivity contribution in [3.63, 3.8) is 0 Å². The van der Waals surface area contributed by atoms with E-state index < -0.39 is 0 Å². The number of hydrogen-bond acceptors (Lipinski definition) is 2. The van der Waals surface area contributed by atoms with Crippen LogP contribution in [0.2, 0.25) is 0 Å². The lowest BCUT2D eigenvalue weighted by Crippen LogP contribution is -2.43. The van der Waals surface area contributed by atoms with E-state index in [-0.39, 0.29) is 5.54 Å². The Hall–Kier alpha value is -0.830. The highest BCUT2D eigenvalue weighted by Crippen LogP contribution is 2.29. The van der Waals surface area contributed by atoms with Gasteiger partial charge in [-0.2, -0.15) is 0 Å². The van der Waals surface area contributed by atoms with E-state index >= 15 is 0 Å². The molecule has 2 aliphatic rings. The monoisotopic (exact) mass is 247 g/mol. The highest BCUT2D eigenvalue weighted by Gasteiger charge is 2.31. The molecule has 0 amide bonds. The summed E-state index contributed by atoms with van der Waals surface area (Å²) in [6.45, 7) is 6.75. The largest absolute Gasteiger partial charge is 0.334 e. The van der Waals surface area contributed by atoms with Crippen molar-refractivity contribution in [3.8, 4) is 0 Å². The molecule has 0 spiro atoms. The summed E-state index contributed by atoms with van der Waals surface area (Å²) < 4.78 is 2.44. The van der Waals surface area contributed by atoms with Crippen LogP contribution >= 0.6 is 0 Å². The van der Waals surface area contributed by atoms with Crippen molar-refractivity contribution < 1.29 is 0 Å². The quantitative estimate of drug-likeness (QED) is 0.871. The molecule has 0 unspecified atom stereocenters. The first-order valence-corrected chi connectivity index (χ1v) is 7.46. The van der Waals surface area contributed by atoms with Crippen molar-refractivity contribution in [2.24, 2.45) is 5.92 Å². The van der Waals surface area contributed by atoms with Gasteiger partial charge in [-0.05, 0) is 32.6 Å². The summed E-state index contributed by atoms with van der Waals surface area (Å²) in [7, 11) is 0. The third-order valence-corrected chi connectivity index (χ3v) is 4.65. The second kappa shape index (κ2) is 4.69. The number of nitrogens with zero attached hydrogens (tertiary/aromatic N) is 2. The topological polar surface area (TPSA) is 29.9 Å². The van der Waals surface area contributed by atoms with E-state index in [2.05, 4.69) is 35.0 Å². The summed E-state index contributed by atoms with van der Waals surface area (Å²) in [6.07, 6.45) is 10.3. The highest BCUT2D eigenvalue weighted by molar-refractivity contribution is 5.24. The van der Waals surface area contributed by atoms with Crippen LogP contribution < -0.4 is 5.32 Å². The van der Waals surface area contributed by atoms with Gasteiger partial charge in [0, 0.05) is 25.2 Å². The molecule has 0 aromatic carbocycles. The van der Waals surface area contributed by atoms with Crippen molar-refractivity contribution >= 4 is 0 Å². The lowest BCUT2D eigenvalue weighted by molar-refractivity contribution is 0.310. The predicted octanol–water partition coefficient (Wildman–Crippen LogP) is 2.84. The van der Waals surface area contributed by atoms with E-state index in [1.54, 1.807) is 0 Å². The van der Waals surface area contributed by atoms with Gasteiger partial charge in [-0.3, -0.25) is 0 Å². The Labute approximate surface area is 110 Å². The Kier molecular flexibility index (Phi) is 3.18. The molecule has 1 fully saturated rings. The van der Waals surface area contributed by atoms with E-state index in [9.17, 15) is 0 Å². The van der Waals surface area contributed by atoms with Crippen molar-refractivity contribution in [1.82, 2.24) is 14.9 Å². The van der Waals surface area contributed by atoms with Gasteiger partial charge in [0.15, 0.2) is 0 Å². The summed E-state index contributed by atoms with van der Waals surface area (Å²) >= 11 is 0. The molecule has 0 atom stereocenters. The summed E-state index contributed by atoms with van der Waals surface area (Å²) in [4.78, 5) is 4.68. The molecule has 0 bridgehead atoms. The number of rotatable bonds is 2. The maximum absolute atomic E-state index is 4.68. The van der Waals surface area contributed by atoms with Crippen LogP contribution in [0.4, 0.5) is 0 Å². The molecule has 3 nitrogen and oxygen atoms in total. The molecular weight excluding hydrogens is 222 g/mol. The molecule has 0 radical (unpaired) electrons. The van der Waals surface area contributed by atoms with Gasteiger partial charge < -0.3 is 9.88 Å². The maximum atomic E-state index is 4.68. The summed E-state index contributed by atoms with van der Waals surface area (Å²) in [6, 6.07) is 0. The molecular formula is C15H25N3. The zero-order valence-electron chi connectivity index (χ0n) is 11.7. The summed E-state index contributed by atoms with van der Waals surface area (Å²) in [5.74, 6) is 0.884. The zero-order valence-corrected chi connectivity index (χ0v) is 11.7. The van der Waals surface area contributed by atoms with Crippen LogP contribution in [-0.4, -0.2) is 16.1 Å². The average molecular weight is 247 g/mol. The van der Waals surface area contributed by atoms with Gasteiger partial charge in [0.2, 0.25) is 0 Å². The van der Waals surface area contributed by atoms with Crippen molar-refractivity contribution in [1.29, 1.82) is 0 Å². The molecule has 3 heteroatoms. The predicted molar refractivity (Wildman–Crippen MR) is 73.5 cm³/mol. The van der Waals surface area contributed by atoms with Crippen LogP contribution in [0.3, 0.4) is 0 Å². The first-order valence-electron chi connectivity index (χ1n) is 7.46. The van der Waals surface area contributed by atoms with E-state index in [4.69, 9.17) is 0 Å². The van der Waals surface area contributed by atoms with Crippen LogP contribution in [-0.2, 0) is 18.5 Å². The summed E-state index contributed by atoms with van der Waals surface area (Å²) in [5, 5.41) is 3.56. The first kappa shape index (κ1) is 12.2. The number of hydrogen-bond donors (Lipinski definition) is 1. The van der Waals surface area contributed by atoms with Crippen LogP contribution in [0.25, 0.3) is 0 Å². The lowest BCUT2D eigenvalue weighted by Gasteiger charge is -2.31. The van der Waals surface area contributed by atoms with Gasteiger partial charge in [-0.25, -0.2) is 4.98 Å². The maximum Gasteiger partial charge on any atom is 0.0952 e. The van der Waals surface area contributed by atoms with E-state index in [0.717, 1.165) is 18.9 Å². The first-order chi connectivity index (χ1) is 8.67. The Morgan fingerprint density at radius 1 is 1.33 bits per heavy atom. The fourth-order valence-electron chi connectivity index (χ4n) is 3.57. The van der Waals surface area contributed by atoms with Crippen molar-refractivity contribution in [3.05, 3.63) is 17.7 Å². The SMILES string of the molecule is CC1(C)NCCc2c1ncn2CC1CCCCC1. The molecule has 1 saturated carbocycles. The van der Waals surface area contributed by atoms with Gasteiger partial charge in [0.05, 0.1) is 17.6 Å². The molecule has 1 aromatic heterocycles. The van der Waals surface area contributed by atoms with Crippen LogP contribution in [0.1, 0.15) is 57.3 Å². The van der Waals surface area contributed by atoms with E-state index in [0.29, 0.717) is 0 Å². The molecule has 3 rings (SSSR count). The van der Waals surface area contributed by atoms with Crippen LogP contribution in [0, 0.1) is 5.92 Å². The van der Waals surface area contributed by atoms with Gasteiger partial charge in [-0.1, -0.05) is 19.3 Å². The zero-order chi connectivity index (χ0) is 12.6. The van der Waals surface area contributed by atoms with Crippen LogP contribution in [0.15, 0.2) is 6.33 Å². The molecule has 1 aliphatic carbocycles. The fourth-order valence-corrected chi connectivity index (χ4v) is 3.57. The minimum Gasteiger partial charge on any atom is -0.334 e. The third kappa shape index (κ3) is 2.20. The summed E-state index contributed by atoms with van der Waals surface area (Å²) in [5.41, 5.74) is 2.79. The van der Waals surface area contributed by atoms with Gasteiger partial charge in [0.25, 0.3) is 0 Å². The van der Waals surface area contributed by atoms with Crippen molar-refractivity contribution in [2.45, 2.75) is 64.5 Å². The number of fused-ring (bicyclic) bond motifs is 1. The Balaban J connectivity index is 1.79. The lowest BCUT2D eigenvalue weighted by atomic mass is 9.89. The van der Waals surface area contributed by atoms with E-state index in [1.165, 1.54) is 50.0 Å². The number of nitrogens with one attached hydrogen (secondary N) is 1. The van der Waals surface area contributed by atoms with Gasteiger partial charge >= 0.3 is 0 Å². The molecule has 0 saturated heterocycles. The number of imidazole rings is 1. The van der Waals surface area contributed by atoms with Gasteiger partial charge in [-0.15, -0.1) is 0 Å². The molecule has 1 aromatic rings. The van der Waals surface area contributed by atoms with Gasteiger partial charge in [0.1, 0.15) is 0 Å². The Morgan fingerprint density at radius 2 is 2.11 bits per heavy atom. The minimum atomic E-state index is 0.0470. The molecule has 1 N–H and O–H groups in total. The molecule has 1 aliphatic heterocycles. The normalized spacial score (nSPS) is 23.9. The standard InChI is InChI=1S/C15H25N3/c1-15(2)14-13(8-9-17-15)18(11-16-14)10-12-6-4-3-5-7-12/h11-12,17H,3-10H2,1-2H3. The molecule has 100 valence electrons.